The Morgan fingerprint density at radius 3 is 2.40 bits per heavy atom. The molecular formula is C25H33N3OS. The second-order valence-corrected chi connectivity index (χ2v) is 10.2. The minimum Gasteiger partial charge on any atom is -0.497 e. The normalized spacial score (nSPS) is 15.2. The van der Waals surface area contributed by atoms with Crippen molar-refractivity contribution in [3.63, 3.8) is 0 Å². The van der Waals surface area contributed by atoms with E-state index in [0.717, 1.165) is 30.1 Å². The number of hydrogen-bond acceptors (Lipinski definition) is 4. The number of likely N-dealkylation sites (tertiary alicyclic amines) is 1. The Bertz CT molecular complexity index is 982. The lowest BCUT2D eigenvalue weighted by Gasteiger charge is -2.22. The molecule has 1 aliphatic heterocycles. The number of methoxy groups -OCH3 is 1. The van der Waals surface area contributed by atoms with Crippen LogP contribution in [0.1, 0.15) is 45.0 Å². The molecule has 0 saturated carbocycles. The zero-order valence-corrected chi connectivity index (χ0v) is 19.5. The molecule has 160 valence electrons. The monoisotopic (exact) mass is 423 g/mol. The van der Waals surface area contributed by atoms with Crippen molar-refractivity contribution in [1.82, 2.24) is 14.5 Å². The molecule has 0 bridgehead atoms. The van der Waals surface area contributed by atoms with E-state index < -0.39 is 0 Å². The number of benzene rings is 2. The van der Waals surface area contributed by atoms with Crippen LogP contribution in [-0.2, 0) is 17.7 Å². The Morgan fingerprint density at radius 1 is 1.00 bits per heavy atom. The summed E-state index contributed by atoms with van der Waals surface area (Å²) in [6, 6.07) is 15.1. The molecule has 3 aromatic rings. The molecule has 0 N–H and O–H groups in total. The summed E-state index contributed by atoms with van der Waals surface area (Å²) in [5.74, 6) is 3.03. The van der Waals surface area contributed by atoms with E-state index in [4.69, 9.17) is 9.72 Å². The van der Waals surface area contributed by atoms with Gasteiger partial charge >= 0.3 is 0 Å². The molecule has 1 aromatic heterocycles. The molecule has 0 radical (unpaired) electrons. The number of hydrogen-bond donors (Lipinski definition) is 0. The molecule has 0 amide bonds. The van der Waals surface area contributed by atoms with Gasteiger partial charge in [-0.15, -0.1) is 11.8 Å². The first-order chi connectivity index (χ1) is 14.4. The number of nitrogens with zero attached hydrogens (tertiary/aromatic N) is 3. The molecule has 1 aliphatic rings. The molecule has 2 aromatic carbocycles. The molecule has 5 heteroatoms. The number of ether oxygens (including phenoxy) is 1. The molecule has 0 atom stereocenters. The number of imidazole rings is 1. The fraction of sp³-hybridized carbons (Fsp3) is 0.480. The third kappa shape index (κ3) is 4.84. The molecular weight excluding hydrogens is 390 g/mol. The van der Waals surface area contributed by atoms with Gasteiger partial charge in [0.2, 0.25) is 0 Å². The summed E-state index contributed by atoms with van der Waals surface area (Å²) in [5, 5.41) is 0. The average molecular weight is 424 g/mol. The van der Waals surface area contributed by atoms with Gasteiger partial charge in [-0.1, -0.05) is 32.9 Å². The highest BCUT2D eigenvalue weighted by Gasteiger charge is 2.23. The van der Waals surface area contributed by atoms with E-state index in [1.807, 2.05) is 23.9 Å². The van der Waals surface area contributed by atoms with Crippen LogP contribution in [0.3, 0.4) is 0 Å². The van der Waals surface area contributed by atoms with E-state index in [9.17, 15) is 0 Å². The van der Waals surface area contributed by atoms with Crippen LogP contribution < -0.4 is 4.74 Å². The molecule has 30 heavy (non-hydrogen) atoms. The first kappa shape index (κ1) is 21.3. The van der Waals surface area contributed by atoms with Gasteiger partial charge < -0.3 is 14.2 Å². The first-order valence-corrected chi connectivity index (χ1v) is 11.9. The number of aromatic nitrogens is 2. The van der Waals surface area contributed by atoms with E-state index >= 15 is 0 Å². The number of thioether (sulfide) groups is 1. The Labute approximate surface area is 184 Å². The highest BCUT2D eigenvalue weighted by molar-refractivity contribution is 7.98. The van der Waals surface area contributed by atoms with E-state index in [2.05, 4.69) is 60.6 Å². The lowest BCUT2D eigenvalue weighted by molar-refractivity contribution is 0.318. The fourth-order valence-electron chi connectivity index (χ4n) is 4.13. The van der Waals surface area contributed by atoms with Gasteiger partial charge in [-0.3, -0.25) is 0 Å². The minimum absolute atomic E-state index is 0.0282. The maximum Gasteiger partial charge on any atom is 0.118 e. The van der Waals surface area contributed by atoms with Gasteiger partial charge in [0.05, 0.1) is 18.1 Å². The smallest absolute Gasteiger partial charge is 0.118 e. The predicted molar refractivity (Wildman–Crippen MR) is 127 cm³/mol. The minimum atomic E-state index is 0.0282. The zero-order valence-electron chi connectivity index (χ0n) is 18.6. The summed E-state index contributed by atoms with van der Waals surface area (Å²) in [6.45, 7) is 11.4. The maximum absolute atomic E-state index is 5.25. The topological polar surface area (TPSA) is 30.3 Å². The van der Waals surface area contributed by atoms with Crippen molar-refractivity contribution >= 4 is 22.8 Å². The molecule has 0 spiro atoms. The van der Waals surface area contributed by atoms with Crippen molar-refractivity contribution < 1.29 is 4.74 Å². The summed E-state index contributed by atoms with van der Waals surface area (Å²) in [4.78, 5) is 8.93. The van der Waals surface area contributed by atoms with E-state index in [1.54, 1.807) is 7.11 Å². The number of rotatable bonds is 7. The SMILES string of the molecule is COc1ccc(CSc2ccc3c(c2)nc(C(C)(C)C)n3CCN2CCCC2)cc1. The zero-order chi connectivity index (χ0) is 21.1. The predicted octanol–water partition coefficient (Wildman–Crippen LogP) is 5.73. The Balaban J connectivity index is 1.53. The summed E-state index contributed by atoms with van der Waals surface area (Å²) in [6.07, 6.45) is 2.68. The average Bonchev–Trinajstić information content (AvgIpc) is 3.38. The van der Waals surface area contributed by atoms with E-state index in [1.165, 1.54) is 47.7 Å². The standard InChI is InChI=1S/C25H33N3OS/c1-25(2,3)24-26-22-17-21(30-18-19-7-9-20(29-4)10-8-19)11-12-23(22)28(24)16-15-27-13-5-6-14-27/h7-12,17H,5-6,13-16,18H2,1-4H3. The van der Waals surface area contributed by atoms with Gasteiger partial charge in [0.15, 0.2) is 0 Å². The van der Waals surface area contributed by atoms with Gasteiger partial charge in [0, 0.05) is 29.2 Å². The second kappa shape index (κ2) is 9.03. The van der Waals surface area contributed by atoms with Crippen molar-refractivity contribution in [2.24, 2.45) is 0 Å². The lowest BCUT2D eigenvalue weighted by atomic mass is 9.95. The largest absolute Gasteiger partial charge is 0.497 e. The molecule has 1 fully saturated rings. The van der Waals surface area contributed by atoms with Crippen molar-refractivity contribution in [2.45, 2.75) is 56.2 Å². The van der Waals surface area contributed by atoms with Crippen LogP contribution in [0.4, 0.5) is 0 Å². The number of fused-ring (bicyclic) bond motifs is 1. The molecule has 4 nitrogen and oxygen atoms in total. The van der Waals surface area contributed by atoms with Crippen LogP contribution in [-0.4, -0.2) is 41.2 Å². The summed E-state index contributed by atoms with van der Waals surface area (Å²) in [7, 11) is 1.70. The third-order valence-electron chi connectivity index (χ3n) is 5.79. The molecule has 2 heterocycles. The van der Waals surface area contributed by atoms with Crippen LogP contribution in [0.5, 0.6) is 5.75 Å². The van der Waals surface area contributed by atoms with Crippen molar-refractivity contribution in [3.05, 3.63) is 53.9 Å². The summed E-state index contributed by atoms with van der Waals surface area (Å²) >= 11 is 1.86. The van der Waals surface area contributed by atoms with Gasteiger partial charge in [-0.05, 0) is 61.8 Å². The van der Waals surface area contributed by atoms with Crippen LogP contribution in [0.25, 0.3) is 11.0 Å². The Kier molecular flexibility index (Phi) is 6.40. The van der Waals surface area contributed by atoms with Gasteiger partial charge in [-0.25, -0.2) is 4.98 Å². The van der Waals surface area contributed by atoms with Crippen LogP contribution >= 0.6 is 11.8 Å². The molecule has 4 rings (SSSR count). The van der Waals surface area contributed by atoms with Gasteiger partial charge in [0.1, 0.15) is 11.6 Å². The summed E-state index contributed by atoms with van der Waals surface area (Å²) < 4.78 is 7.70. The van der Waals surface area contributed by atoms with Crippen LogP contribution in [0.2, 0.25) is 0 Å². The second-order valence-electron chi connectivity index (χ2n) is 9.17. The maximum atomic E-state index is 5.25. The van der Waals surface area contributed by atoms with Gasteiger partial charge in [0.25, 0.3) is 0 Å². The summed E-state index contributed by atoms with van der Waals surface area (Å²) in [5.41, 5.74) is 3.70. The molecule has 0 aliphatic carbocycles. The van der Waals surface area contributed by atoms with Gasteiger partial charge in [-0.2, -0.15) is 0 Å². The Morgan fingerprint density at radius 2 is 1.73 bits per heavy atom. The quantitative estimate of drug-likeness (QED) is 0.454. The molecule has 0 unspecified atom stereocenters. The third-order valence-corrected chi connectivity index (χ3v) is 6.86. The van der Waals surface area contributed by atoms with Crippen molar-refractivity contribution in [2.75, 3.05) is 26.7 Å². The van der Waals surface area contributed by atoms with E-state index in [-0.39, 0.29) is 5.41 Å². The lowest BCUT2D eigenvalue weighted by Crippen LogP contribution is -2.27. The van der Waals surface area contributed by atoms with E-state index in [0.29, 0.717) is 0 Å². The highest BCUT2D eigenvalue weighted by Crippen LogP contribution is 2.31. The first-order valence-electron chi connectivity index (χ1n) is 10.9. The Hall–Kier alpha value is -1.98. The van der Waals surface area contributed by atoms with Crippen LogP contribution in [0, 0.1) is 0 Å². The van der Waals surface area contributed by atoms with Crippen molar-refractivity contribution in [3.8, 4) is 5.75 Å². The molecule has 1 saturated heterocycles. The van der Waals surface area contributed by atoms with Crippen LogP contribution in [0.15, 0.2) is 47.4 Å². The highest BCUT2D eigenvalue weighted by atomic mass is 32.2. The van der Waals surface area contributed by atoms with Crippen molar-refractivity contribution in [1.29, 1.82) is 0 Å². The fourth-order valence-corrected chi connectivity index (χ4v) is 5.02.